The van der Waals surface area contributed by atoms with Gasteiger partial charge in [0.15, 0.2) is 0 Å². The number of pyridine rings is 1. The van der Waals surface area contributed by atoms with Crippen molar-refractivity contribution in [2.24, 2.45) is 0 Å². The van der Waals surface area contributed by atoms with Crippen LogP contribution >= 0.6 is 0 Å². The van der Waals surface area contributed by atoms with E-state index in [-0.39, 0.29) is 17.8 Å². The fraction of sp³-hybridized carbons (Fsp3) is 0.273. The van der Waals surface area contributed by atoms with Crippen LogP contribution in [0.3, 0.4) is 0 Å². The molecule has 88 valence electrons. The van der Waals surface area contributed by atoms with Crippen molar-refractivity contribution in [3.05, 3.63) is 34.1 Å². The maximum atomic E-state index is 11.0. The first kappa shape index (κ1) is 12.6. The number of rotatable bonds is 3. The lowest BCUT2D eigenvalue weighted by atomic mass is 10.3. The van der Waals surface area contributed by atoms with Crippen molar-refractivity contribution in [3.8, 4) is 11.8 Å². The fourth-order valence-electron chi connectivity index (χ4n) is 1.02. The Labute approximate surface area is 97.8 Å². The van der Waals surface area contributed by atoms with Gasteiger partial charge in [0.05, 0.1) is 17.6 Å². The van der Waals surface area contributed by atoms with Gasteiger partial charge >= 0.3 is 5.97 Å². The minimum atomic E-state index is -0.530. The highest BCUT2D eigenvalue weighted by atomic mass is 16.6. The van der Waals surface area contributed by atoms with E-state index in [9.17, 15) is 14.9 Å². The Morgan fingerprint density at radius 3 is 3.06 bits per heavy atom. The molecule has 0 radical (unpaired) electrons. The second kappa shape index (κ2) is 6.23. The minimum Gasteiger partial charge on any atom is -0.465 e. The third kappa shape index (κ3) is 4.30. The highest BCUT2D eigenvalue weighted by Gasteiger charge is 2.04. The molecule has 1 heterocycles. The summed E-state index contributed by atoms with van der Waals surface area (Å²) < 4.78 is 4.67. The number of hydrogen-bond acceptors (Lipinski definition) is 5. The van der Waals surface area contributed by atoms with Gasteiger partial charge in [0.2, 0.25) is 0 Å². The van der Waals surface area contributed by atoms with E-state index in [1.807, 2.05) is 0 Å². The van der Waals surface area contributed by atoms with Crippen molar-refractivity contribution in [1.29, 1.82) is 0 Å². The zero-order valence-corrected chi connectivity index (χ0v) is 9.17. The lowest BCUT2D eigenvalue weighted by molar-refractivity contribution is -0.385. The van der Waals surface area contributed by atoms with Gasteiger partial charge in [0, 0.05) is 12.3 Å². The molecule has 0 aliphatic rings. The molecule has 0 unspecified atom stereocenters. The number of nitro groups is 1. The largest absolute Gasteiger partial charge is 0.465 e. The van der Waals surface area contributed by atoms with E-state index in [0.29, 0.717) is 6.61 Å². The quantitative estimate of drug-likeness (QED) is 0.340. The SMILES string of the molecule is CCOC(=O)CC#Cc1cc([N+](=O)[O-])ccn1. The molecule has 1 aromatic heterocycles. The Morgan fingerprint density at radius 1 is 1.65 bits per heavy atom. The molecule has 0 aliphatic carbocycles. The van der Waals surface area contributed by atoms with Gasteiger partial charge in [-0.05, 0) is 12.8 Å². The van der Waals surface area contributed by atoms with Crippen LogP contribution in [0.2, 0.25) is 0 Å². The van der Waals surface area contributed by atoms with Crippen LogP contribution in [-0.4, -0.2) is 22.5 Å². The van der Waals surface area contributed by atoms with Crippen LogP contribution in [0.25, 0.3) is 0 Å². The van der Waals surface area contributed by atoms with Crippen LogP contribution in [0.15, 0.2) is 18.3 Å². The Kier molecular flexibility index (Phi) is 4.63. The summed E-state index contributed by atoms with van der Waals surface area (Å²) in [5.74, 6) is 4.68. The molecule has 0 amide bonds. The number of hydrogen-bond donors (Lipinski definition) is 0. The first-order chi connectivity index (χ1) is 8.13. The average Bonchev–Trinajstić information content (AvgIpc) is 2.30. The van der Waals surface area contributed by atoms with Crippen LogP contribution < -0.4 is 0 Å². The summed E-state index contributed by atoms with van der Waals surface area (Å²) in [6.45, 7) is 2.00. The molecule has 6 heteroatoms. The van der Waals surface area contributed by atoms with E-state index >= 15 is 0 Å². The van der Waals surface area contributed by atoms with Gasteiger partial charge in [-0.3, -0.25) is 14.9 Å². The predicted octanol–water partition coefficient (Wildman–Crippen LogP) is 1.29. The third-order valence-electron chi connectivity index (χ3n) is 1.71. The molecule has 1 aromatic rings. The summed E-state index contributed by atoms with van der Waals surface area (Å²) >= 11 is 0. The normalized spacial score (nSPS) is 9.00. The van der Waals surface area contributed by atoms with E-state index < -0.39 is 10.9 Å². The minimum absolute atomic E-state index is 0.0573. The number of esters is 1. The summed E-state index contributed by atoms with van der Waals surface area (Å²) in [5, 5.41) is 10.5. The van der Waals surface area contributed by atoms with Crippen LogP contribution in [-0.2, 0) is 9.53 Å². The zero-order valence-electron chi connectivity index (χ0n) is 9.17. The Hall–Kier alpha value is -2.42. The van der Waals surface area contributed by atoms with Gasteiger partial charge in [-0.15, -0.1) is 0 Å². The first-order valence-corrected chi connectivity index (χ1v) is 4.88. The van der Waals surface area contributed by atoms with Gasteiger partial charge in [-0.2, -0.15) is 0 Å². The topological polar surface area (TPSA) is 82.3 Å². The number of nitrogens with zero attached hydrogens (tertiary/aromatic N) is 2. The fourth-order valence-corrected chi connectivity index (χ4v) is 1.02. The van der Waals surface area contributed by atoms with E-state index in [0.717, 1.165) is 0 Å². The van der Waals surface area contributed by atoms with Crippen molar-refractivity contribution < 1.29 is 14.5 Å². The van der Waals surface area contributed by atoms with Crippen molar-refractivity contribution in [2.75, 3.05) is 6.61 Å². The number of carbonyl (C=O) groups excluding carboxylic acids is 1. The smallest absolute Gasteiger partial charge is 0.317 e. The maximum Gasteiger partial charge on any atom is 0.317 e. The third-order valence-corrected chi connectivity index (χ3v) is 1.71. The predicted molar refractivity (Wildman–Crippen MR) is 59.0 cm³/mol. The Morgan fingerprint density at radius 2 is 2.41 bits per heavy atom. The van der Waals surface area contributed by atoms with Crippen LogP contribution in [0.5, 0.6) is 0 Å². The number of aromatic nitrogens is 1. The molecule has 0 saturated heterocycles. The molecule has 1 rings (SSSR count). The van der Waals surface area contributed by atoms with E-state index in [1.165, 1.54) is 18.3 Å². The lowest BCUT2D eigenvalue weighted by Crippen LogP contribution is -2.01. The molecule has 6 nitrogen and oxygen atoms in total. The van der Waals surface area contributed by atoms with Gasteiger partial charge in [-0.25, -0.2) is 4.98 Å². The van der Waals surface area contributed by atoms with Gasteiger partial charge in [0.1, 0.15) is 12.1 Å². The molecule has 0 N–H and O–H groups in total. The van der Waals surface area contributed by atoms with Crippen molar-refractivity contribution in [3.63, 3.8) is 0 Å². The van der Waals surface area contributed by atoms with Crippen LogP contribution in [0.1, 0.15) is 19.0 Å². The molecular weight excluding hydrogens is 224 g/mol. The Bertz CT molecular complexity index is 488. The van der Waals surface area contributed by atoms with Gasteiger partial charge in [0.25, 0.3) is 5.69 Å². The van der Waals surface area contributed by atoms with Crippen molar-refractivity contribution >= 4 is 11.7 Å². The van der Waals surface area contributed by atoms with Gasteiger partial charge in [-0.1, -0.05) is 5.92 Å². The first-order valence-electron chi connectivity index (χ1n) is 4.88. The van der Waals surface area contributed by atoms with Crippen LogP contribution in [0, 0.1) is 22.0 Å². The summed E-state index contributed by atoms with van der Waals surface area (Å²) in [6.07, 6.45) is 1.24. The molecule has 0 bridgehead atoms. The maximum absolute atomic E-state index is 11.0. The zero-order chi connectivity index (χ0) is 12.7. The van der Waals surface area contributed by atoms with Crippen molar-refractivity contribution in [2.45, 2.75) is 13.3 Å². The summed E-state index contributed by atoms with van der Waals surface area (Å²) in [4.78, 5) is 24.7. The molecule has 0 aliphatic heterocycles. The molecule has 0 aromatic carbocycles. The average molecular weight is 234 g/mol. The molecule has 0 fully saturated rings. The second-order valence-corrected chi connectivity index (χ2v) is 2.94. The van der Waals surface area contributed by atoms with E-state index in [2.05, 4.69) is 21.6 Å². The molecule has 0 atom stereocenters. The standard InChI is InChI=1S/C11H10N2O4/c1-2-17-11(14)5-3-4-9-8-10(13(15)16)6-7-12-9/h6-8H,2,5H2,1H3. The summed E-state index contributed by atoms with van der Waals surface area (Å²) in [7, 11) is 0. The monoisotopic (exact) mass is 234 g/mol. The highest BCUT2D eigenvalue weighted by Crippen LogP contribution is 2.09. The highest BCUT2D eigenvalue weighted by molar-refractivity contribution is 5.72. The molecule has 0 saturated carbocycles. The molecular formula is C11H10N2O4. The molecule has 0 spiro atoms. The van der Waals surface area contributed by atoms with E-state index in [1.54, 1.807) is 6.92 Å². The van der Waals surface area contributed by atoms with Gasteiger partial charge < -0.3 is 4.74 Å². The second-order valence-electron chi connectivity index (χ2n) is 2.94. The lowest BCUT2D eigenvalue weighted by Gasteiger charge is -1.94. The summed E-state index contributed by atoms with van der Waals surface area (Å²) in [5.41, 5.74) is 0.170. The van der Waals surface area contributed by atoms with Crippen molar-refractivity contribution in [1.82, 2.24) is 4.98 Å². The Balaban J connectivity index is 2.69. The summed E-state index contributed by atoms with van der Waals surface area (Å²) in [6, 6.07) is 2.52. The van der Waals surface area contributed by atoms with E-state index in [4.69, 9.17) is 0 Å². The number of ether oxygens (including phenoxy) is 1. The van der Waals surface area contributed by atoms with Crippen LogP contribution in [0.4, 0.5) is 5.69 Å². The molecule has 17 heavy (non-hydrogen) atoms. The number of carbonyl (C=O) groups is 1.